The third kappa shape index (κ3) is 1.46. The standard InChI is InChI=1S/C12H11N3O2/c13-4-3-12(6-17-7-12)8-1-2-9-10(5-8)15-11(16)14-9/h1-2,5H,3,6-7H2,(H2,14,15,16). The molecule has 1 fully saturated rings. The maximum Gasteiger partial charge on any atom is 0.323 e. The van der Waals surface area contributed by atoms with Crippen LogP contribution in [0.1, 0.15) is 12.0 Å². The topological polar surface area (TPSA) is 81.7 Å². The Morgan fingerprint density at radius 3 is 2.76 bits per heavy atom. The summed E-state index contributed by atoms with van der Waals surface area (Å²) in [6, 6.07) is 7.94. The number of nitrogens with zero attached hydrogens (tertiary/aromatic N) is 1. The molecule has 0 aliphatic carbocycles. The fourth-order valence-corrected chi connectivity index (χ4v) is 2.23. The van der Waals surface area contributed by atoms with E-state index in [9.17, 15) is 4.79 Å². The van der Waals surface area contributed by atoms with E-state index in [4.69, 9.17) is 10.00 Å². The molecule has 5 heteroatoms. The van der Waals surface area contributed by atoms with E-state index in [0.717, 1.165) is 16.6 Å². The third-order valence-electron chi connectivity index (χ3n) is 3.30. The Kier molecular flexibility index (Phi) is 2.06. The first-order valence-corrected chi connectivity index (χ1v) is 5.41. The van der Waals surface area contributed by atoms with Crippen LogP contribution < -0.4 is 5.69 Å². The lowest BCUT2D eigenvalue weighted by atomic mass is 9.76. The third-order valence-corrected chi connectivity index (χ3v) is 3.30. The van der Waals surface area contributed by atoms with Gasteiger partial charge in [-0.3, -0.25) is 0 Å². The number of aromatic nitrogens is 2. The van der Waals surface area contributed by atoms with Crippen molar-refractivity contribution in [1.82, 2.24) is 9.97 Å². The molecule has 0 radical (unpaired) electrons. The molecule has 5 nitrogen and oxygen atoms in total. The van der Waals surface area contributed by atoms with Crippen LogP contribution in [0.25, 0.3) is 11.0 Å². The lowest BCUT2D eigenvalue weighted by molar-refractivity contribution is -0.0576. The van der Waals surface area contributed by atoms with Gasteiger partial charge in [-0.1, -0.05) is 6.07 Å². The van der Waals surface area contributed by atoms with Crippen LogP contribution in [0.15, 0.2) is 23.0 Å². The van der Waals surface area contributed by atoms with Gasteiger partial charge < -0.3 is 14.7 Å². The second-order valence-electron chi connectivity index (χ2n) is 4.45. The molecule has 17 heavy (non-hydrogen) atoms. The largest absolute Gasteiger partial charge is 0.379 e. The molecule has 1 saturated heterocycles. The van der Waals surface area contributed by atoms with Gasteiger partial charge in [-0.25, -0.2) is 4.79 Å². The molecule has 0 spiro atoms. The van der Waals surface area contributed by atoms with Crippen molar-refractivity contribution < 1.29 is 4.74 Å². The van der Waals surface area contributed by atoms with Crippen molar-refractivity contribution in [3.05, 3.63) is 34.2 Å². The smallest absolute Gasteiger partial charge is 0.323 e. The summed E-state index contributed by atoms with van der Waals surface area (Å²) in [5.74, 6) is 0. The van der Waals surface area contributed by atoms with Crippen LogP contribution in [0.5, 0.6) is 0 Å². The van der Waals surface area contributed by atoms with Crippen molar-refractivity contribution in [3.63, 3.8) is 0 Å². The lowest BCUT2D eigenvalue weighted by Gasteiger charge is -2.40. The van der Waals surface area contributed by atoms with E-state index < -0.39 is 0 Å². The zero-order chi connectivity index (χ0) is 11.9. The molecule has 0 atom stereocenters. The molecule has 0 bridgehead atoms. The highest BCUT2D eigenvalue weighted by Crippen LogP contribution is 2.36. The second-order valence-corrected chi connectivity index (χ2v) is 4.45. The fraction of sp³-hybridized carbons (Fsp3) is 0.333. The summed E-state index contributed by atoms with van der Waals surface area (Å²) in [4.78, 5) is 16.6. The zero-order valence-corrected chi connectivity index (χ0v) is 9.12. The summed E-state index contributed by atoms with van der Waals surface area (Å²) >= 11 is 0. The van der Waals surface area contributed by atoms with Gasteiger partial charge in [-0.05, 0) is 17.7 Å². The van der Waals surface area contributed by atoms with Crippen LogP contribution in [0.2, 0.25) is 0 Å². The molecule has 3 rings (SSSR count). The Balaban J connectivity index is 2.11. The Morgan fingerprint density at radius 2 is 2.12 bits per heavy atom. The number of nitrogens with one attached hydrogen (secondary N) is 2. The molecule has 1 aliphatic rings. The van der Waals surface area contributed by atoms with Gasteiger partial charge in [0.15, 0.2) is 0 Å². The first kappa shape index (κ1) is 10.1. The Morgan fingerprint density at radius 1 is 1.35 bits per heavy atom. The number of rotatable bonds is 2. The minimum absolute atomic E-state index is 0.197. The highest BCUT2D eigenvalue weighted by molar-refractivity contribution is 5.75. The number of H-pyrrole nitrogens is 2. The second kappa shape index (κ2) is 3.47. The van der Waals surface area contributed by atoms with E-state index >= 15 is 0 Å². The molecular formula is C12H11N3O2. The molecule has 0 saturated carbocycles. The van der Waals surface area contributed by atoms with Crippen molar-refractivity contribution in [2.75, 3.05) is 13.2 Å². The predicted molar refractivity (Wildman–Crippen MR) is 61.6 cm³/mol. The molecular weight excluding hydrogens is 218 g/mol. The highest BCUT2D eigenvalue weighted by Gasteiger charge is 2.40. The maximum atomic E-state index is 11.2. The normalized spacial score (nSPS) is 17.6. The monoisotopic (exact) mass is 229 g/mol. The van der Waals surface area contributed by atoms with E-state index in [-0.39, 0.29) is 11.1 Å². The van der Waals surface area contributed by atoms with Crippen molar-refractivity contribution >= 4 is 11.0 Å². The average molecular weight is 229 g/mol. The number of aromatic amines is 2. The minimum atomic E-state index is -0.212. The molecule has 1 aromatic carbocycles. The Hall–Kier alpha value is -2.06. The SMILES string of the molecule is N#CCC1(c2ccc3[nH]c(=O)[nH]c3c2)COC1. The Bertz CT molecular complexity index is 658. The number of ether oxygens (including phenoxy) is 1. The fourth-order valence-electron chi connectivity index (χ4n) is 2.23. The number of hydrogen-bond acceptors (Lipinski definition) is 3. The van der Waals surface area contributed by atoms with Gasteiger partial charge in [0.25, 0.3) is 0 Å². The van der Waals surface area contributed by atoms with Crippen LogP contribution in [-0.2, 0) is 10.2 Å². The van der Waals surface area contributed by atoms with E-state index in [2.05, 4.69) is 16.0 Å². The zero-order valence-electron chi connectivity index (χ0n) is 9.12. The molecule has 2 N–H and O–H groups in total. The summed E-state index contributed by atoms with van der Waals surface area (Å²) in [5.41, 5.74) is 2.20. The van der Waals surface area contributed by atoms with Gasteiger partial charge in [-0.15, -0.1) is 0 Å². The van der Waals surface area contributed by atoms with Crippen LogP contribution in [0, 0.1) is 11.3 Å². The summed E-state index contributed by atoms with van der Waals surface area (Å²) < 4.78 is 5.23. The Labute approximate surface area is 97.0 Å². The molecule has 0 amide bonds. The van der Waals surface area contributed by atoms with Crippen LogP contribution in [-0.4, -0.2) is 23.2 Å². The number of nitriles is 1. The van der Waals surface area contributed by atoms with E-state index in [1.807, 2.05) is 18.2 Å². The van der Waals surface area contributed by atoms with Crippen LogP contribution in [0.4, 0.5) is 0 Å². The number of fused-ring (bicyclic) bond motifs is 1. The minimum Gasteiger partial charge on any atom is -0.379 e. The molecule has 2 heterocycles. The van der Waals surface area contributed by atoms with Crippen molar-refractivity contribution in [2.24, 2.45) is 0 Å². The van der Waals surface area contributed by atoms with E-state index in [1.165, 1.54) is 0 Å². The summed E-state index contributed by atoms with van der Waals surface area (Å²) in [6.45, 7) is 1.14. The number of benzene rings is 1. The van der Waals surface area contributed by atoms with E-state index in [1.54, 1.807) is 0 Å². The van der Waals surface area contributed by atoms with Gasteiger partial charge >= 0.3 is 5.69 Å². The molecule has 1 aliphatic heterocycles. The summed E-state index contributed by atoms with van der Waals surface area (Å²) in [6.07, 6.45) is 0.438. The van der Waals surface area contributed by atoms with Crippen molar-refractivity contribution in [3.8, 4) is 6.07 Å². The summed E-state index contributed by atoms with van der Waals surface area (Å²) in [5, 5.41) is 8.88. The van der Waals surface area contributed by atoms with Crippen LogP contribution in [0.3, 0.4) is 0 Å². The first-order chi connectivity index (χ1) is 8.23. The van der Waals surface area contributed by atoms with E-state index in [0.29, 0.717) is 19.6 Å². The predicted octanol–water partition coefficient (Wildman–Crippen LogP) is 1.04. The number of hydrogen-bond donors (Lipinski definition) is 2. The van der Waals surface area contributed by atoms with Gasteiger partial charge in [0, 0.05) is 6.42 Å². The van der Waals surface area contributed by atoms with Crippen molar-refractivity contribution in [1.29, 1.82) is 5.26 Å². The van der Waals surface area contributed by atoms with Crippen LogP contribution >= 0.6 is 0 Å². The van der Waals surface area contributed by atoms with Gasteiger partial charge in [0.1, 0.15) is 0 Å². The van der Waals surface area contributed by atoms with Gasteiger partial charge in [0.2, 0.25) is 0 Å². The molecule has 86 valence electrons. The molecule has 1 aromatic heterocycles. The summed E-state index contributed by atoms with van der Waals surface area (Å²) in [7, 11) is 0. The molecule has 0 unspecified atom stereocenters. The quantitative estimate of drug-likeness (QED) is 0.807. The number of imidazole rings is 1. The van der Waals surface area contributed by atoms with Gasteiger partial charge in [0.05, 0.1) is 35.7 Å². The lowest BCUT2D eigenvalue weighted by Crippen LogP contribution is -2.46. The first-order valence-electron chi connectivity index (χ1n) is 5.41. The maximum absolute atomic E-state index is 11.2. The molecule has 2 aromatic rings. The average Bonchev–Trinajstić information content (AvgIpc) is 2.62. The van der Waals surface area contributed by atoms with Crippen molar-refractivity contribution in [2.45, 2.75) is 11.8 Å². The van der Waals surface area contributed by atoms with Gasteiger partial charge in [-0.2, -0.15) is 5.26 Å². The highest BCUT2D eigenvalue weighted by atomic mass is 16.5.